The van der Waals surface area contributed by atoms with Crippen molar-refractivity contribution in [3.05, 3.63) is 34.1 Å². The zero-order valence-electron chi connectivity index (χ0n) is 10.5. The van der Waals surface area contributed by atoms with Gasteiger partial charge in [-0.05, 0) is 41.4 Å². The average Bonchev–Trinajstić information content (AvgIpc) is 2.34. The first kappa shape index (κ1) is 15.6. The van der Waals surface area contributed by atoms with Crippen molar-refractivity contribution in [2.45, 2.75) is 32.7 Å². The molecular formula is C13H18BrFO3. The SMILES string of the molecule is CCOC(OCC)C(O)Cc1cccc(F)c1Br. The highest BCUT2D eigenvalue weighted by atomic mass is 79.9. The minimum Gasteiger partial charge on any atom is -0.387 e. The predicted molar refractivity (Wildman–Crippen MR) is 70.9 cm³/mol. The Labute approximate surface area is 115 Å². The van der Waals surface area contributed by atoms with Crippen molar-refractivity contribution in [1.29, 1.82) is 0 Å². The zero-order chi connectivity index (χ0) is 13.5. The maximum Gasteiger partial charge on any atom is 0.183 e. The smallest absolute Gasteiger partial charge is 0.183 e. The van der Waals surface area contributed by atoms with E-state index in [0.29, 0.717) is 23.2 Å². The lowest BCUT2D eigenvalue weighted by atomic mass is 10.1. The van der Waals surface area contributed by atoms with Gasteiger partial charge in [0.25, 0.3) is 0 Å². The summed E-state index contributed by atoms with van der Waals surface area (Å²) in [7, 11) is 0. The van der Waals surface area contributed by atoms with Gasteiger partial charge in [0.2, 0.25) is 0 Å². The summed E-state index contributed by atoms with van der Waals surface area (Å²) < 4.78 is 24.3. The van der Waals surface area contributed by atoms with Gasteiger partial charge < -0.3 is 14.6 Å². The second kappa shape index (κ2) is 7.84. The van der Waals surface area contributed by atoms with E-state index in [9.17, 15) is 9.50 Å². The van der Waals surface area contributed by atoms with Gasteiger partial charge >= 0.3 is 0 Å². The van der Waals surface area contributed by atoms with E-state index in [1.165, 1.54) is 6.07 Å². The van der Waals surface area contributed by atoms with Crippen LogP contribution in [0.15, 0.2) is 22.7 Å². The van der Waals surface area contributed by atoms with E-state index in [1.54, 1.807) is 12.1 Å². The summed E-state index contributed by atoms with van der Waals surface area (Å²) in [5.74, 6) is -0.343. The lowest BCUT2D eigenvalue weighted by Crippen LogP contribution is -2.33. The van der Waals surface area contributed by atoms with Crippen LogP contribution in [0.5, 0.6) is 0 Å². The van der Waals surface area contributed by atoms with Gasteiger partial charge in [-0.2, -0.15) is 0 Å². The minimum atomic E-state index is -0.831. The number of halogens is 2. The van der Waals surface area contributed by atoms with Crippen LogP contribution in [0, 0.1) is 5.82 Å². The monoisotopic (exact) mass is 320 g/mol. The van der Waals surface area contributed by atoms with Crippen LogP contribution in [0.25, 0.3) is 0 Å². The van der Waals surface area contributed by atoms with Crippen molar-refractivity contribution in [3.63, 3.8) is 0 Å². The average molecular weight is 321 g/mol. The van der Waals surface area contributed by atoms with E-state index in [1.807, 2.05) is 13.8 Å². The standard InChI is InChI=1S/C13H18BrFO3/c1-3-17-13(18-4-2)11(16)8-9-6-5-7-10(15)12(9)14/h5-7,11,13,16H,3-4,8H2,1-2H3. The summed E-state index contributed by atoms with van der Waals surface area (Å²) in [6.45, 7) is 4.56. The van der Waals surface area contributed by atoms with Crippen molar-refractivity contribution in [1.82, 2.24) is 0 Å². The number of aliphatic hydroxyl groups is 1. The molecule has 1 aromatic carbocycles. The summed E-state index contributed by atoms with van der Waals surface area (Å²) in [6.07, 6.45) is -1.25. The molecule has 0 amide bonds. The van der Waals surface area contributed by atoms with E-state index in [0.717, 1.165) is 0 Å². The number of aliphatic hydroxyl groups excluding tert-OH is 1. The summed E-state index contributed by atoms with van der Waals surface area (Å²) in [5.41, 5.74) is 0.687. The van der Waals surface area contributed by atoms with Gasteiger partial charge in [-0.25, -0.2) is 4.39 Å². The Morgan fingerprint density at radius 2 is 1.89 bits per heavy atom. The molecule has 0 bridgehead atoms. The molecule has 1 aromatic rings. The molecule has 0 heterocycles. The highest BCUT2D eigenvalue weighted by molar-refractivity contribution is 9.10. The highest BCUT2D eigenvalue weighted by Gasteiger charge is 2.21. The number of benzene rings is 1. The summed E-state index contributed by atoms with van der Waals surface area (Å²) >= 11 is 3.17. The van der Waals surface area contributed by atoms with Crippen molar-refractivity contribution in [2.24, 2.45) is 0 Å². The summed E-state index contributed by atoms with van der Waals surface area (Å²) in [5, 5.41) is 10.0. The Bertz CT molecular complexity index is 367. The Morgan fingerprint density at radius 1 is 1.28 bits per heavy atom. The number of rotatable bonds is 7. The van der Waals surface area contributed by atoms with Crippen LogP contribution in [0.3, 0.4) is 0 Å². The molecule has 5 heteroatoms. The molecule has 18 heavy (non-hydrogen) atoms. The van der Waals surface area contributed by atoms with Crippen LogP contribution >= 0.6 is 15.9 Å². The first-order valence-corrected chi connectivity index (χ1v) is 6.73. The van der Waals surface area contributed by atoms with E-state index in [-0.39, 0.29) is 12.2 Å². The number of ether oxygens (including phenoxy) is 2. The Balaban J connectivity index is 2.72. The van der Waals surface area contributed by atoms with Crippen molar-refractivity contribution in [3.8, 4) is 0 Å². The van der Waals surface area contributed by atoms with Gasteiger partial charge in [-0.3, -0.25) is 0 Å². The maximum absolute atomic E-state index is 13.3. The summed E-state index contributed by atoms with van der Waals surface area (Å²) in [6, 6.07) is 4.73. The number of hydrogen-bond acceptors (Lipinski definition) is 3. The zero-order valence-corrected chi connectivity index (χ0v) is 12.1. The molecule has 0 radical (unpaired) electrons. The van der Waals surface area contributed by atoms with E-state index in [2.05, 4.69) is 15.9 Å². The van der Waals surface area contributed by atoms with Crippen LogP contribution in [0.1, 0.15) is 19.4 Å². The van der Waals surface area contributed by atoms with Crippen molar-refractivity contribution >= 4 is 15.9 Å². The van der Waals surface area contributed by atoms with Crippen molar-refractivity contribution in [2.75, 3.05) is 13.2 Å². The van der Waals surface area contributed by atoms with Gasteiger partial charge in [0.05, 0.1) is 4.47 Å². The maximum atomic E-state index is 13.3. The molecule has 1 N–H and O–H groups in total. The molecule has 0 saturated heterocycles. The molecule has 0 spiro atoms. The Morgan fingerprint density at radius 3 is 2.44 bits per heavy atom. The molecule has 0 aliphatic carbocycles. The van der Waals surface area contributed by atoms with Crippen LogP contribution in [0.2, 0.25) is 0 Å². The minimum absolute atomic E-state index is 0.267. The Kier molecular flexibility index (Phi) is 6.78. The van der Waals surface area contributed by atoms with Gasteiger partial charge in [0.1, 0.15) is 11.9 Å². The molecule has 1 atom stereocenters. The second-order valence-corrected chi connectivity index (χ2v) is 4.56. The molecule has 3 nitrogen and oxygen atoms in total. The lowest BCUT2D eigenvalue weighted by molar-refractivity contribution is -0.188. The first-order chi connectivity index (χ1) is 8.60. The molecule has 0 aromatic heterocycles. The molecule has 1 rings (SSSR count). The highest BCUT2D eigenvalue weighted by Crippen LogP contribution is 2.22. The van der Waals surface area contributed by atoms with Crippen LogP contribution in [0.4, 0.5) is 4.39 Å². The normalized spacial score (nSPS) is 13.0. The third kappa shape index (κ3) is 4.31. The molecule has 0 fully saturated rings. The molecular weight excluding hydrogens is 303 g/mol. The van der Waals surface area contributed by atoms with E-state index < -0.39 is 12.4 Å². The molecule has 0 aliphatic rings. The second-order valence-electron chi connectivity index (χ2n) is 3.76. The van der Waals surface area contributed by atoms with Gasteiger partial charge in [0, 0.05) is 19.6 Å². The van der Waals surface area contributed by atoms with Crippen LogP contribution in [-0.4, -0.2) is 30.7 Å². The summed E-state index contributed by atoms with van der Waals surface area (Å²) in [4.78, 5) is 0. The van der Waals surface area contributed by atoms with E-state index in [4.69, 9.17) is 9.47 Å². The number of hydrogen-bond donors (Lipinski definition) is 1. The fraction of sp³-hybridized carbons (Fsp3) is 0.538. The van der Waals surface area contributed by atoms with E-state index >= 15 is 0 Å². The molecule has 102 valence electrons. The topological polar surface area (TPSA) is 38.7 Å². The van der Waals surface area contributed by atoms with Gasteiger partial charge in [-0.1, -0.05) is 12.1 Å². The fourth-order valence-electron chi connectivity index (χ4n) is 1.63. The van der Waals surface area contributed by atoms with Crippen molar-refractivity contribution < 1.29 is 19.0 Å². The van der Waals surface area contributed by atoms with Crippen LogP contribution < -0.4 is 0 Å². The third-order valence-corrected chi connectivity index (χ3v) is 3.32. The lowest BCUT2D eigenvalue weighted by Gasteiger charge is -2.23. The Hall–Kier alpha value is -0.490. The molecule has 0 aliphatic heterocycles. The van der Waals surface area contributed by atoms with Crippen LogP contribution in [-0.2, 0) is 15.9 Å². The quantitative estimate of drug-likeness (QED) is 0.785. The fourth-order valence-corrected chi connectivity index (χ4v) is 2.05. The van der Waals surface area contributed by atoms with Gasteiger partial charge in [0.15, 0.2) is 6.29 Å². The first-order valence-electron chi connectivity index (χ1n) is 5.94. The van der Waals surface area contributed by atoms with Gasteiger partial charge in [-0.15, -0.1) is 0 Å². The predicted octanol–water partition coefficient (Wildman–Crippen LogP) is 2.89. The third-order valence-electron chi connectivity index (χ3n) is 2.44. The molecule has 1 unspecified atom stereocenters. The largest absolute Gasteiger partial charge is 0.387 e. The molecule has 0 saturated carbocycles.